The van der Waals surface area contributed by atoms with Crippen LogP contribution < -0.4 is 0 Å². The first-order chi connectivity index (χ1) is 15.6. The highest BCUT2D eigenvalue weighted by atomic mass is 16.6. The zero-order valence-electron chi connectivity index (χ0n) is 20.5. The summed E-state index contributed by atoms with van der Waals surface area (Å²) in [5.74, 6) is 0.865. The highest BCUT2D eigenvalue weighted by molar-refractivity contribution is 5.94. The van der Waals surface area contributed by atoms with Gasteiger partial charge in [0.25, 0.3) is 0 Å². The van der Waals surface area contributed by atoms with E-state index in [0.717, 1.165) is 36.0 Å². The molecular weight excluding hydrogens is 410 g/mol. The summed E-state index contributed by atoms with van der Waals surface area (Å²) in [6, 6.07) is 14.5. The van der Waals surface area contributed by atoms with Gasteiger partial charge in [-0.2, -0.15) is 5.26 Å². The second kappa shape index (κ2) is 8.68. The van der Waals surface area contributed by atoms with E-state index in [0.29, 0.717) is 17.4 Å². The first kappa shape index (κ1) is 23.1. The predicted molar refractivity (Wildman–Crippen MR) is 132 cm³/mol. The van der Waals surface area contributed by atoms with Crippen LogP contribution in [0.2, 0.25) is 0 Å². The van der Waals surface area contributed by atoms with Crippen LogP contribution in [-0.2, 0) is 11.2 Å². The van der Waals surface area contributed by atoms with Crippen molar-refractivity contribution in [2.75, 3.05) is 20.1 Å². The van der Waals surface area contributed by atoms with E-state index in [1.807, 2.05) is 39.1 Å². The van der Waals surface area contributed by atoms with Gasteiger partial charge in [0.15, 0.2) is 0 Å². The fourth-order valence-corrected chi connectivity index (χ4v) is 5.24. The Morgan fingerprint density at radius 1 is 1.12 bits per heavy atom. The Bertz CT molecular complexity index is 1230. The minimum atomic E-state index is -0.544. The average Bonchev–Trinajstić information content (AvgIpc) is 3.34. The number of hydrogen-bond donors (Lipinski definition) is 0. The first-order valence-corrected chi connectivity index (χ1v) is 11.6. The molecule has 0 aliphatic carbocycles. The number of nitrogens with zero attached hydrogens (tertiary/aromatic N) is 3. The van der Waals surface area contributed by atoms with Gasteiger partial charge in [0, 0.05) is 30.6 Å². The van der Waals surface area contributed by atoms with Gasteiger partial charge in [-0.1, -0.05) is 18.2 Å². The van der Waals surface area contributed by atoms with Gasteiger partial charge >= 0.3 is 6.09 Å². The zero-order valence-corrected chi connectivity index (χ0v) is 20.5. The Hall–Kier alpha value is -3.10. The molecular formula is C28H33N3O2. The minimum Gasteiger partial charge on any atom is -0.443 e. The molecule has 172 valence electrons. The number of carbonyl (C=O) groups excluding carboxylic acids is 1. The number of aryl methyl sites for hydroxylation is 2. The number of likely N-dealkylation sites (N-methyl/N-ethyl adjacent to an activating group) is 1. The lowest BCUT2D eigenvalue weighted by Gasteiger charge is -2.22. The molecule has 2 aromatic carbocycles. The van der Waals surface area contributed by atoms with Crippen molar-refractivity contribution < 1.29 is 9.53 Å². The Kier molecular flexibility index (Phi) is 6.07. The highest BCUT2D eigenvalue weighted by Gasteiger charge is 2.33. The lowest BCUT2D eigenvalue weighted by atomic mass is 9.82. The van der Waals surface area contributed by atoms with Gasteiger partial charge in [-0.05, 0) is 94.5 Å². The maximum absolute atomic E-state index is 12.9. The molecule has 2 heterocycles. The van der Waals surface area contributed by atoms with Gasteiger partial charge < -0.3 is 9.64 Å². The second-order valence-corrected chi connectivity index (χ2v) is 10.4. The van der Waals surface area contributed by atoms with Crippen molar-refractivity contribution >= 4 is 17.0 Å². The third-order valence-electron chi connectivity index (χ3n) is 6.64. The molecule has 0 spiro atoms. The number of nitriles is 1. The third kappa shape index (κ3) is 4.67. The van der Waals surface area contributed by atoms with E-state index >= 15 is 0 Å². The second-order valence-electron chi connectivity index (χ2n) is 10.4. The molecule has 0 saturated carbocycles. The van der Waals surface area contributed by atoms with Crippen molar-refractivity contribution in [3.63, 3.8) is 0 Å². The molecule has 1 aliphatic rings. The van der Waals surface area contributed by atoms with Crippen molar-refractivity contribution in [1.29, 1.82) is 5.26 Å². The maximum atomic E-state index is 12.9. The van der Waals surface area contributed by atoms with Crippen LogP contribution >= 0.6 is 0 Å². The van der Waals surface area contributed by atoms with Crippen LogP contribution in [0, 0.1) is 31.1 Å². The molecule has 1 aliphatic heterocycles. The van der Waals surface area contributed by atoms with Gasteiger partial charge in [-0.15, -0.1) is 0 Å². The molecule has 1 fully saturated rings. The topological polar surface area (TPSA) is 58.3 Å². The molecule has 2 atom stereocenters. The van der Waals surface area contributed by atoms with Crippen molar-refractivity contribution in [2.24, 2.45) is 5.92 Å². The van der Waals surface area contributed by atoms with Crippen LogP contribution in [0.5, 0.6) is 0 Å². The van der Waals surface area contributed by atoms with Crippen molar-refractivity contribution in [3.05, 3.63) is 70.4 Å². The van der Waals surface area contributed by atoms with Crippen LogP contribution in [-0.4, -0.2) is 41.3 Å². The Labute approximate surface area is 196 Å². The summed E-state index contributed by atoms with van der Waals surface area (Å²) >= 11 is 0. The highest BCUT2D eigenvalue weighted by Crippen LogP contribution is 2.37. The Morgan fingerprint density at radius 2 is 1.82 bits per heavy atom. The number of fused-ring (bicyclic) bond motifs is 1. The van der Waals surface area contributed by atoms with E-state index < -0.39 is 5.60 Å². The minimum absolute atomic E-state index is 0.341. The summed E-state index contributed by atoms with van der Waals surface area (Å²) in [7, 11) is 2.17. The number of likely N-dealkylation sites (tertiary alicyclic amines) is 1. The molecule has 1 unspecified atom stereocenters. The van der Waals surface area contributed by atoms with Crippen LogP contribution in [0.3, 0.4) is 0 Å². The number of ether oxygens (including phenoxy) is 1. The van der Waals surface area contributed by atoms with Gasteiger partial charge in [-0.25, -0.2) is 4.79 Å². The van der Waals surface area contributed by atoms with Crippen LogP contribution in [0.25, 0.3) is 10.9 Å². The fourth-order valence-electron chi connectivity index (χ4n) is 5.24. The summed E-state index contributed by atoms with van der Waals surface area (Å²) in [5, 5.41) is 10.3. The molecule has 1 aromatic heterocycles. The summed E-state index contributed by atoms with van der Waals surface area (Å²) in [6.07, 6.45) is 2.44. The third-order valence-corrected chi connectivity index (χ3v) is 6.64. The van der Waals surface area contributed by atoms with Crippen LogP contribution in [0.4, 0.5) is 4.79 Å². The van der Waals surface area contributed by atoms with Crippen molar-refractivity contribution in [2.45, 2.75) is 52.6 Å². The smallest absolute Gasteiger partial charge is 0.418 e. The first-order valence-electron chi connectivity index (χ1n) is 11.6. The largest absolute Gasteiger partial charge is 0.443 e. The zero-order chi connectivity index (χ0) is 23.9. The molecule has 3 aromatic rings. The lowest BCUT2D eigenvalue weighted by Crippen LogP contribution is -2.26. The number of aromatic nitrogens is 1. The van der Waals surface area contributed by atoms with Gasteiger partial charge in [-0.3, -0.25) is 4.57 Å². The van der Waals surface area contributed by atoms with E-state index in [9.17, 15) is 4.79 Å². The SMILES string of the molecule is Cc1cc(C)c2c(ccn2C(=O)OC(C)(C)C)c1C[C@@H]1CN(C)CC1c1ccc(C#N)cc1. The van der Waals surface area contributed by atoms with Crippen molar-refractivity contribution in [3.8, 4) is 6.07 Å². The van der Waals surface area contributed by atoms with Crippen LogP contribution in [0.1, 0.15) is 54.5 Å². The number of rotatable bonds is 3. The van der Waals surface area contributed by atoms with Gasteiger partial charge in [0.2, 0.25) is 0 Å². The number of hydrogen-bond acceptors (Lipinski definition) is 4. The molecule has 0 amide bonds. The van der Waals surface area contributed by atoms with Gasteiger partial charge in [0.1, 0.15) is 5.60 Å². The predicted octanol–water partition coefficient (Wildman–Crippen LogP) is 5.80. The number of carbonyl (C=O) groups is 1. The summed E-state index contributed by atoms with van der Waals surface area (Å²) < 4.78 is 7.30. The molecule has 4 rings (SSSR count). The molecule has 0 radical (unpaired) electrons. The summed E-state index contributed by atoms with van der Waals surface area (Å²) in [4.78, 5) is 15.3. The van der Waals surface area contributed by atoms with E-state index in [1.165, 1.54) is 16.7 Å². The summed E-state index contributed by atoms with van der Waals surface area (Å²) in [6.45, 7) is 11.9. The normalized spacial score (nSPS) is 19.1. The molecule has 33 heavy (non-hydrogen) atoms. The quantitative estimate of drug-likeness (QED) is 0.513. The van der Waals surface area contributed by atoms with E-state index in [1.54, 1.807) is 4.57 Å². The molecule has 1 saturated heterocycles. The lowest BCUT2D eigenvalue weighted by molar-refractivity contribution is 0.0544. The monoisotopic (exact) mass is 443 g/mol. The molecule has 0 bridgehead atoms. The van der Waals surface area contributed by atoms with Gasteiger partial charge in [0.05, 0.1) is 17.1 Å². The maximum Gasteiger partial charge on any atom is 0.418 e. The molecule has 0 N–H and O–H groups in total. The Balaban J connectivity index is 1.70. The van der Waals surface area contributed by atoms with E-state index in [4.69, 9.17) is 10.00 Å². The van der Waals surface area contributed by atoms with E-state index in [-0.39, 0.29) is 6.09 Å². The van der Waals surface area contributed by atoms with Crippen LogP contribution in [0.15, 0.2) is 42.6 Å². The van der Waals surface area contributed by atoms with Crippen molar-refractivity contribution in [1.82, 2.24) is 9.47 Å². The molecule has 5 nitrogen and oxygen atoms in total. The Morgan fingerprint density at radius 3 is 2.45 bits per heavy atom. The fraction of sp³-hybridized carbons (Fsp3) is 0.429. The summed E-state index contributed by atoms with van der Waals surface area (Å²) in [5.41, 5.74) is 6.02. The number of benzene rings is 2. The molecule has 5 heteroatoms. The average molecular weight is 444 g/mol. The van der Waals surface area contributed by atoms with E-state index in [2.05, 4.69) is 56.1 Å². The standard InChI is InChI=1S/C28H33N3O2/c1-18-13-19(2)26-23(11-12-31(26)27(32)33-28(3,4)5)24(18)14-22-16-30(6)17-25(22)21-9-7-20(15-29)8-10-21/h7-13,22,25H,14,16-17H2,1-6H3/t22-,25?/m1/s1.